The number of amides is 1. The molecule has 1 aliphatic carbocycles. The molecule has 0 bridgehead atoms. The van der Waals surface area contributed by atoms with Crippen LogP contribution in [0.25, 0.3) is 11.0 Å². The number of likely N-dealkylation sites (tertiary alicyclic amines) is 1. The van der Waals surface area contributed by atoms with Crippen molar-refractivity contribution < 1.29 is 9.90 Å². The predicted octanol–water partition coefficient (Wildman–Crippen LogP) is 0.479. The van der Waals surface area contributed by atoms with Crippen LogP contribution < -0.4 is 4.90 Å². The van der Waals surface area contributed by atoms with E-state index in [0.29, 0.717) is 17.8 Å². The number of aliphatic hydroxyl groups excluding tert-OH is 1. The Morgan fingerprint density at radius 1 is 1.48 bits per heavy atom. The Labute approximate surface area is 134 Å². The van der Waals surface area contributed by atoms with Crippen molar-refractivity contribution in [1.29, 1.82) is 0 Å². The van der Waals surface area contributed by atoms with E-state index in [1.165, 1.54) is 6.92 Å². The molecule has 23 heavy (non-hydrogen) atoms. The number of fused-ring (bicyclic) bond motifs is 2. The third-order valence-corrected chi connectivity index (χ3v) is 5.22. The van der Waals surface area contributed by atoms with E-state index < -0.39 is 6.10 Å². The minimum atomic E-state index is -0.892. The third kappa shape index (κ3) is 2.35. The first-order valence-electron chi connectivity index (χ1n) is 8.02. The Bertz CT molecular complexity index is 731. The monoisotopic (exact) mass is 315 g/mol. The Kier molecular flexibility index (Phi) is 3.26. The van der Waals surface area contributed by atoms with Gasteiger partial charge in [0, 0.05) is 32.9 Å². The van der Waals surface area contributed by atoms with Crippen LogP contribution in [0.1, 0.15) is 6.92 Å². The van der Waals surface area contributed by atoms with Crippen molar-refractivity contribution in [1.82, 2.24) is 19.9 Å². The number of piperidine rings is 1. The van der Waals surface area contributed by atoms with Crippen molar-refractivity contribution in [2.24, 2.45) is 17.8 Å². The average molecular weight is 315 g/mol. The van der Waals surface area contributed by atoms with Crippen LogP contribution in [0.2, 0.25) is 0 Å². The molecular weight excluding hydrogens is 294 g/mol. The highest BCUT2D eigenvalue weighted by molar-refractivity contribution is 5.87. The van der Waals surface area contributed by atoms with E-state index in [9.17, 15) is 9.90 Å². The van der Waals surface area contributed by atoms with Crippen molar-refractivity contribution in [2.75, 3.05) is 31.6 Å². The van der Waals surface area contributed by atoms with Crippen LogP contribution in [0.15, 0.2) is 18.6 Å². The lowest BCUT2D eigenvalue weighted by Gasteiger charge is -2.24. The minimum Gasteiger partial charge on any atom is -0.384 e. The summed E-state index contributed by atoms with van der Waals surface area (Å²) in [5.74, 6) is 2.52. The summed E-state index contributed by atoms with van der Waals surface area (Å²) in [6.45, 7) is 4.02. The molecule has 2 unspecified atom stereocenters. The summed E-state index contributed by atoms with van der Waals surface area (Å²) in [5.41, 5.74) is 0.853. The first kappa shape index (κ1) is 14.4. The fourth-order valence-corrected chi connectivity index (χ4v) is 3.93. The minimum absolute atomic E-state index is 0.144. The van der Waals surface area contributed by atoms with Crippen LogP contribution in [0, 0.1) is 17.8 Å². The molecule has 122 valence electrons. The number of aromatic nitrogens is 3. The van der Waals surface area contributed by atoms with Gasteiger partial charge in [-0.05, 0) is 30.7 Å². The topological polar surface area (TPSA) is 85.3 Å². The molecule has 2 aromatic heterocycles. The van der Waals surface area contributed by atoms with E-state index >= 15 is 0 Å². The standard InChI is InChI=1S/C16H21N5O2/c1-9(22)16(23)21-6-12-11(13(12)7-21)5-20(2)15-10-3-4-17-14(10)18-8-19-15/h3-4,8-9,11-13,22H,5-7H2,1-2H3,(H,17,18,19)/t9?,11?,12-,13+. The fourth-order valence-electron chi connectivity index (χ4n) is 3.93. The van der Waals surface area contributed by atoms with Gasteiger partial charge >= 0.3 is 0 Å². The number of aromatic amines is 1. The number of H-pyrrole nitrogens is 1. The maximum atomic E-state index is 11.8. The molecule has 0 spiro atoms. The maximum absolute atomic E-state index is 11.8. The summed E-state index contributed by atoms with van der Waals surface area (Å²) in [7, 11) is 2.06. The summed E-state index contributed by atoms with van der Waals surface area (Å²) >= 11 is 0. The van der Waals surface area contributed by atoms with Gasteiger partial charge in [-0.2, -0.15) is 0 Å². The van der Waals surface area contributed by atoms with E-state index in [-0.39, 0.29) is 5.91 Å². The predicted molar refractivity (Wildman–Crippen MR) is 85.9 cm³/mol. The van der Waals surface area contributed by atoms with E-state index in [2.05, 4.69) is 26.9 Å². The molecule has 2 N–H and O–H groups in total. The van der Waals surface area contributed by atoms with Crippen LogP contribution >= 0.6 is 0 Å². The van der Waals surface area contributed by atoms with E-state index in [1.54, 1.807) is 11.2 Å². The Morgan fingerprint density at radius 2 is 2.22 bits per heavy atom. The number of nitrogens with zero attached hydrogens (tertiary/aromatic N) is 4. The second kappa shape index (κ2) is 5.19. The smallest absolute Gasteiger partial charge is 0.251 e. The van der Waals surface area contributed by atoms with E-state index in [1.807, 2.05) is 12.3 Å². The van der Waals surface area contributed by atoms with Crippen molar-refractivity contribution in [2.45, 2.75) is 13.0 Å². The van der Waals surface area contributed by atoms with Gasteiger partial charge in [-0.1, -0.05) is 0 Å². The number of carbonyl (C=O) groups excluding carboxylic acids is 1. The number of carbonyl (C=O) groups is 1. The molecule has 2 aliphatic rings. The Morgan fingerprint density at radius 3 is 2.91 bits per heavy atom. The molecule has 4 atom stereocenters. The molecule has 1 amide bonds. The van der Waals surface area contributed by atoms with Crippen LogP contribution in [0.4, 0.5) is 5.82 Å². The second-order valence-corrected chi connectivity index (χ2v) is 6.73. The first-order chi connectivity index (χ1) is 11.1. The molecule has 2 fully saturated rings. The van der Waals surface area contributed by atoms with Crippen molar-refractivity contribution in [3.05, 3.63) is 18.6 Å². The normalized spacial score (nSPS) is 27.1. The van der Waals surface area contributed by atoms with Gasteiger partial charge < -0.3 is 19.9 Å². The Balaban J connectivity index is 1.40. The SMILES string of the molecule is CC(O)C(=O)N1C[C@@H]2C(CN(C)c3ncnc4[nH]ccc34)[C@@H]2C1. The van der Waals surface area contributed by atoms with Gasteiger partial charge in [0.15, 0.2) is 0 Å². The van der Waals surface area contributed by atoms with Gasteiger partial charge in [0.25, 0.3) is 5.91 Å². The average Bonchev–Trinajstić information content (AvgIpc) is 2.96. The number of aliphatic hydroxyl groups is 1. The number of rotatable bonds is 4. The summed E-state index contributed by atoms with van der Waals surface area (Å²) in [6, 6.07) is 2.00. The van der Waals surface area contributed by atoms with Gasteiger partial charge in [-0.15, -0.1) is 0 Å². The number of nitrogens with one attached hydrogen (secondary N) is 1. The zero-order valence-corrected chi connectivity index (χ0v) is 13.3. The van der Waals surface area contributed by atoms with Crippen LogP contribution in [-0.2, 0) is 4.79 Å². The van der Waals surface area contributed by atoms with Gasteiger partial charge in [0.2, 0.25) is 0 Å². The van der Waals surface area contributed by atoms with Gasteiger partial charge in [0.1, 0.15) is 23.9 Å². The third-order valence-electron chi connectivity index (χ3n) is 5.22. The van der Waals surface area contributed by atoms with Crippen LogP contribution in [0.5, 0.6) is 0 Å². The van der Waals surface area contributed by atoms with Crippen molar-refractivity contribution in [3.8, 4) is 0 Å². The molecule has 0 radical (unpaired) electrons. The van der Waals surface area contributed by atoms with Crippen molar-refractivity contribution >= 4 is 22.8 Å². The zero-order valence-electron chi connectivity index (χ0n) is 13.3. The lowest BCUT2D eigenvalue weighted by atomic mass is 10.2. The Hall–Kier alpha value is -2.15. The number of anilines is 1. The molecule has 7 nitrogen and oxygen atoms in total. The molecule has 4 rings (SSSR count). The van der Waals surface area contributed by atoms with Gasteiger partial charge in [-0.25, -0.2) is 9.97 Å². The maximum Gasteiger partial charge on any atom is 0.251 e. The highest BCUT2D eigenvalue weighted by Crippen LogP contribution is 2.52. The van der Waals surface area contributed by atoms with E-state index in [4.69, 9.17) is 0 Å². The summed E-state index contributed by atoms with van der Waals surface area (Å²) in [4.78, 5) is 27.5. The fraction of sp³-hybridized carbons (Fsp3) is 0.562. The number of hydrogen-bond donors (Lipinski definition) is 2. The van der Waals surface area contributed by atoms with Crippen LogP contribution in [0.3, 0.4) is 0 Å². The highest BCUT2D eigenvalue weighted by atomic mass is 16.3. The summed E-state index contributed by atoms with van der Waals surface area (Å²) in [5, 5.41) is 10.4. The first-order valence-corrected chi connectivity index (χ1v) is 8.02. The number of hydrogen-bond acceptors (Lipinski definition) is 5. The molecule has 0 aromatic carbocycles. The largest absolute Gasteiger partial charge is 0.384 e. The summed E-state index contributed by atoms with van der Waals surface area (Å²) < 4.78 is 0. The molecule has 7 heteroatoms. The molecule has 2 aromatic rings. The quantitative estimate of drug-likeness (QED) is 0.857. The highest BCUT2D eigenvalue weighted by Gasteiger charge is 2.56. The zero-order chi connectivity index (χ0) is 16.1. The molecule has 1 saturated carbocycles. The lowest BCUT2D eigenvalue weighted by Crippen LogP contribution is -2.38. The van der Waals surface area contributed by atoms with Gasteiger partial charge in [-0.3, -0.25) is 4.79 Å². The lowest BCUT2D eigenvalue weighted by molar-refractivity contribution is -0.138. The molecule has 3 heterocycles. The second-order valence-electron chi connectivity index (χ2n) is 6.73. The summed E-state index contributed by atoms with van der Waals surface area (Å²) in [6.07, 6.45) is 2.57. The molecular formula is C16H21N5O2. The van der Waals surface area contributed by atoms with Gasteiger partial charge in [0.05, 0.1) is 5.39 Å². The molecule has 1 saturated heterocycles. The molecule has 1 aliphatic heterocycles. The van der Waals surface area contributed by atoms with Crippen molar-refractivity contribution in [3.63, 3.8) is 0 Å². The van der Waals surface area contributed by atoms with Crippen LogP contribution in [-0.4, -0.2) is 63.7 Å². The van der Waals surface area contributed by atoms with E-state index in [0.717, 1.165) is 36.5 Å².